The number of carboxylic acids is 1. The molecule has 0 saturated carbocycles. The summed E-state index contributed by atoms with van der Waals surface area (Å²) in [4.78, 5) is 21.0. The van der Waals surface area contributed by atoms with Crippen molar-refractivity contribution in [3.05, 3.63) is 21.9 Å². The zero-order chi connectivity index (χ0) is 10.6. The molecule has 1 heterocycles. The van der Waals surface area contributed by atoms with Crippen LogP contribution in [-0.4, -0.2) is 17.0 Å². The van der Waals surface area contributed by atoms with Gasteiger partial charge in [-0.15, -0.1) is 11.3 Å². The number of hydrogen-bond donors (Lipinski definition) is 2. The van der Waals surface area contributed by atoms with Gasteiger partial charge in [0.1, 0.15) is 4.88 Å². The van der Waals surface area contributed by atoms with E-state index in [1.165, 1.54) is 6.07 Å². The number of carbonyl (C=O) groups is 2. The molecule has 0 aliphatic rings. The molecular weight excluding hydrogens is 202 g/mol. The van der Waals surface area contributed by atoms with Crippen molar-refractivity contribution >= 4 is 23.2 Å². The van der Waals surface area contributed by atoms with Gasteiger partial charge in [0.25, 0.3) is 0 Å². The van der Waals surface area contributed by atoms with Gasteiger partial charge in [-0.05, 0) is 6.07 Å². The van der Waals surface area contributed by atoms with E-state index < -0.39 is 11.9 Å². The molecule has 0 radical (unpaired) electrons. The standard InChI is InChI=1S/C9H7NO3S/c10-8(11)3-1-2-6-4-7(9(12)13)14-5-6/h4-5H,3H2,(H2,10,11)(H,12,13). The van der Waals surface area contributed by atoms with E-state index in [4.69, 9.17) is 10.8 Å². The summed E-state index contributed by atoms with van der Waals surface area (Å²) in [6, 6.07) is 1.46. The average Bonchev–Trinajstić information content (AvgIpc) is 2.52. The molecule has 0 atom stereocenters. The summed E-state index contributed by atoms with van der Waals surface area (Å²) in [7, 11) is 0. The van der Waals surface area contributed by atoms with E-state index in [0.29, 0.717) is 5.56 Å². The third-order valence-corrected chi connectivity index (χ3v) is 2.22. The molecule has 0 aliphatic carbocycles. The third kappa shape index (κ3) is 2.92. The van der Waals surface area contributed by atoms with Crippen molar-refractivity contribution in [3.63, 3.8) is 0 Å². The van der Waals surface area contributed by atoms with Gasteiger partial charge in [0, 0.05) is 10.9 Å². The molecule has 4 nitrogen and oxygen atoms in total. The highest BCUT2D eigenvalue weighted by Gasteiger charge is 2.04. The van der Waals surface area contributed by atoms with Crippen LogP contribution in [0, 0.1) is 11.8 Å². The summed E-state index contributed by atoms with van der Waals surface area (Å²) in [5.41, 5.74) is 5.47. The molecule has 1 rings (SSSR count). The Bertz CT molecular complexity index is 425. The second-order valence-corrected chi connectivity index (χ2v) is 3.36. The first kappa shape index (κ1) is 10.3. The predicted molar refractivity (Wildman–Crippen MR) is 52.0 cm³/mol. The summed E-state index contributed by atoms with van der Waals surface area (Å²) in [5.74, 6) is 3.72. The quantitative estimate of drug-likeness (QED) is 0.702. The van der Waals surface area contributed by atoms with Crippen LogP contribution in [0.2, 0.25) is 0 Å². The van der Waals surface area contributed by atoms with E-state index in [0.717, 1.165) is 11.3 Å². The van der Waals surface area contributed by atoms with Crippen molar-refractivity contribution < 1.29 is 14.7 Å². The summed E-state index contributed by atoms with van der Waals surface area (Å²) in [6.07, 6.45) is -0.0156. The van der Waals surface area contributed by atoms with Crippen LogP contribution in [0.25, 0.3) is 0 Å². The minimum atomic E-state index is -0.974. The van der Waals surface area contributed by atoms with Gasteiger partial charge >= 0.3 is 5.97 Å². The topological polar surface area (TPSA) is 80.4 Å². The number of carboxylic acid groups (broad SMARTS) is 1. The molecule has 0 spiro atoms. The molecule has 1 amide bonds. The van der Waals surface area contributed by atoms with Crippen molar-refractivity contribution in [1.82, 2.24) is 0 Å². The molecule has 0 aromatic carbocycles. The minimum absolute atomic E-state index is 0.0156. The van der Waals surface area contributed by atoms with E-state index in [9.17, 15) is 9.59 Å². The molecular formula is C9H7NO3S. The van der Waals surface area contributed by atoms with E-state index in [-0.39, 0.29) is 11.3 Å². The maximum absolute atomic E-state index is 10.5. The highest BCUT2D eigenvalue weighted by atomic mass is 32.1. The molecule has 14 heavy (non-hydrogen) atoms. The van der Waals surface area contributed by atoms with Crippen molar-refractivity contribution in [1.29, 1.82) is 0 Å². The Balaban J connectivity index is 2.71. The van der Waals surface area contributed by atoms with Gasteiger partial charge in [0.05, 0.1) is 6.42 Å². The predicted octanol–water partition coefficient (Wildman–Crippen LogP) is 0.673. The zero-order valence-electron chi connectivity index (χ0n) is 7.11. The fourth-order valence-corrected chi connectivity index (χ4v) is 1.42. The van der Waals surface area contributed by atoms with Crippen LogP contribution in [0.5, 0.6) is 0 Å². The number of hydrogen-bond acceptors (Lipinski definition) is 3. The molecule has 0 aliphatic heterocycles. The number of nitrogens with two attached hydrogens (primary N) is 1. The van der Waals surface area contributed by atoms with E-state index in [1.807, 2.05) is 0 Å². The van der Waals surface area contributed by atoms with Crippen LogP contribution in [-0.2, 0) is 4.79 Å². The van der Waals surface area contributed by atoms with E-state index >= 15 is 0 Å². The number of aromatic carboxylic acids is 1. The Morgan fingerprint density at radius 3 is 2.79 bits per heavy atom. The monoisotopic (exact) mass is 209 g/mol. The van der Waals surface area contributed by atoms with E-state index in [1.54, 1.807) is 5.38 Å². The molecule has 0 bridgehead atoms. The minimum Gasteiger partial charge on any atom is -0.477 e. The number of carbonyl (C=O) groups excluding carboxylic acids is 1. The molecule has 0 unspecified atom stereocenters. The van der Waals surface area contributed by atoms with Crippen molar-refractivity contribution in [2.45, 2.75) is 6.42 Å². The lowest BCUT2D eigenvalue weighted by Crippen LogP contribution is -2.08. The highest BCUT2D eigenvalue weighted by molar-refractivity contribution is 7.12. The fraction of sp³-hybridized carbons (Fsp3) is 0.111. The first-order valence-corrected chi connectivity index (χ1v) is 4.56. The largest absolute Gasteiger partial charge is 0.477 e. The van der Waals surface area contributed by atoms with Crippen LogP contribution in [0.4, 0.5) is 0 Å². The SMILES string of the molecule is NC(=O)CC#Cc1csc(C(=O)O)c1. The van der Waals surface area contributed by atoms with Crippen LogP contribution in [0.1, 0.15) is 21.7 Å². The Morgan fingerprint density at radius 1 is 1.57 bits per heavy atom. The van der Waals surface area contributed by atoms with Gasteiger partial charge in [0.2, 0.25) is 5.91 Å². The second kappa shape index (κ2) is 4.44. The molecule has 1 aromatic rings. The summed E-state index contributed by atoms with van der Waals surface area (Å²) >= 11 is 1.10. The van der Waals surface area contributed by atoms with Gasteiger partial charge in [-0.3, -0.25) is 4.79 Å². The number of thiophene rings is 1. The van der Waals surface area contributed by atoms with Crippen LogP contribution in [0.15, 0.2) is 11.4 Å². The number of amides is 1. The Kier molecular flexibility index (Phi) is 3.26. The fourth-order valence-electron chi connectivity index (χ4n) is 0.747. The van der Waals surface area contributed by atoms with Gasteiger partial charge in [-0.25, -0.2) is 4.79 Å². The lowest BCUT2D eigenvalue weighted by Gasteiger charge is -1.81. The maximum atomic E-state index is 10.5. The lowest BCUT2D eigenvalue weighted by atomic mass is 10.3. The number of primary amides is 1. The molecule has 72 valence electrons. The normalized spacial score (nSPS) is 8.86. The van der Waals surface area contributed by atoms with Crippen molar-refractivity contribution in [2.24, 2.45) is 5.73 Å². The summed E-state index contributed by atoms with van der Waals surface area (Å²) < 4.78 is 0. The Labute approximate surface area is 84.4 Å². The summed E-state index contributed by atoms with van der Waals surface area (Å²) in [6.45, 7) is 0. The van der Waals surface area contributed by atoms with Gasteiger partial charge in [-0.2, -0.15) is 0 Å². The second-order valence-electron chi connectivity index (χ2n) is 2.45. The Hall–Kier alpha value is -1.80. The molecule has 3 N–H and O–H groups in total. The van der Waals surface area contributed by atoms with Gasteiger partial charge in [-0.1, -0.05) is 11.8 Å². The maximum Gasteiger partial charge on any atom is 0.345 e. The first-order chi connectivity index (χ1) is 6.59. The van der Waals surface area contributed by atoms with Gasteiger partial charge < -0.3 is 10.8 Å². The lowest BCUT2D eigenvalue weighted by molar-refractivity contribution is -0.117. The first-order valence-electron chi connectivity index (χ1n) is 3.68. The molecule has 1 aromatic heterocycles. The smallest absolute Gasteiger partial charge is 0.345 e. The van der Waals surface area contributed by atoms with Gasteiger partial charge in [0.15, 0.2) is 0 Å². The third-order valence-electron chi connectivity index (χ3n) is 1.31. The van der Waals surface area contributed by atoms with E-state index in [2.05, 4.69) is 11.8 Å². The van der Waals surface area contributed by atoms with Crippen LogP contribution < -0.4 is 5.73 Å². The average molecular weight is 209 g/mol. The molecule has 0 fully saturated rings. The summed E-state index contributed by atoms with van der Waals surface area (Å²) in [5, 5.41) is 10.2. The highest BCUT2D eigenvalue weighted by Crippen LogP contribution is 2.13. The van der Waals surface area contributed by atoms with Crippen LogP contribution in [0.3, 0.4) is 0 Å². The molecule has 5 heteroatoms. The van der Waals surface area contributed by atoms with Crippen LogP contribution >= 0.6 is 11.3 Å². The van der Waals surface area contributed by atoms with Crippen molar-refractivity contribution in [3.8, 4) is 11.8 Å². The Morgan fingerprint density at radius 2 is 2.29 bits per heavy atom. The zero-order valence-corrected chi connectivity index (χ0v) is 7.93. The number of rotatable bonds is 2. The van der Waals surface area contributed by atoms with Crippen molar-refractivity contribution in [2.75, 3.05) is 0 Å². The molecule has 0 saturated heterocycles.